The summed E-state index contributed by atoms with van der Waals surface area (Å²) in [6.07, 6.45) is 1.08. The molecule has 2 unspecified atom stereocenters. The van der Waals surface area contributed by atoms with Crippen LogP contribution < -0.4 is 5.32 Å². The third-order valence-corrected chi connectivity index (χ3v) is 3.50. The summed E-state index contributed by atoms with van der Waals surface area (Å²) in [5.74, 6) is 0.332. The Bertz CT molecular complexity index is 235. The molecule has 0 radical (unpaired) electrons. The van der Waals surface area contributed by atoms with Gasteiger partial charge in [0.05, 0.1) is 0 Å². The highest BCUT2D eigenvalue weighted by atomic mass is 32.1. The van der Waals surface area contributed by atoms with Crippen LogP contribution in [0.15, 0.2) is 17.5 Å². The van der Waals surface area contributed by atoms with Gasteiger partial charge >= 0.3 is 0 Å². The maximum absolute atomic E-state index is 8.95. The molecule has 0 saturated heterocycles. The van der Waals surface area contributed by atoms with Crippen molar-refractivity contribution in [2.24, 2.45) is 5.92 Å². The zero-order valence-electron chi connectivity index (χ0n) is 8.86. The first-order valence-corrected chi connectivity index (χ1v) is 5.98. The molecule has 0 amide bonds. The van der Waals surface area contributed by atoms with Crippen LogP contribution in [0.3, 0.4) is 0 Å². The Hall–Kier alpha value is -0.380. The van der Waals surface area contributed by atoms with Gasteiger partial charge in [0.1, 0.15) is 0 Å². The molecule has 2 N–H and O–H groups in total. The van der Waals surface area contributed by atoms with E-state index in [1.54, 1.807) is 11.3 Å². The first-order valence-electron chi connectivity index (χ1n) is 5.10. The molecular weight excluding hydrogens is 194 g/mol. The summed E-state index contributed by atoms with van der Waals surface area (Å²) in [6.45, 7) is 5.43. The molecule has 0 aliphatic heterocycles. The molecule has 14 heavy (non-hydrogen) atoms. The zero-order valence-corrected chi connectivity index (χ0v) is 9.68. The number of nitrogens with one attached hydrogen (secondary N) is 1. The molecule has 0 bridgehead atoms. The molecule has 1 aromatic rings. The number of aliphatic hydroxyl groups is 1. The SMILES string of the molecule is CC(CO)C(C)NCCc1cccs1. The molecule has 1 heterocycles. The lowest BCUT2D eigenvalue weighted by molar-refractivity contribution is 0.208. The number of hydrogen-bond donors (Lipinski definition) is 2. The summed E-state index contributed by atoms with van der Waals surface area (Å²) in [4.78, 5) is 1.42. The number of thiophene rings is 1. The fourth-order valence-corrected chi connectivity index (χ4v) is 1.95. The van der Waals surface area contributed by atoms with Crippen LogP contribution in [-0.4, -0.2) is 24.3 Å². The maximum Gasteiger partial charge on any atom is 0.0471 e. The van der Waals surface area contributed by atoms with Gasteiger partial charge in [-0.3, -0.25) is 0 Å². The minimum absolute atomic E-state index is 0.257. The average Bonchev–Trinajstić information content (AvgIpc) is 2.69. The van der Waals surface area contributed by atoms with Crippen LogP contribution in [0.1, 0.15) is 18.7 Å². The Kier molecular flexibility index (Phi) is 5.15. The van der Waals surface area contributed by atoms with Gasteiger partial charge < -0.3 is 10.4 Å². The second-order valence-corrected chi connectivity index (χ2v) is 4.76. The summed E-state index contributed by atoms with van der Waals surface area (Å²) in [7, 11) is 0. The third-order valence-electron chi connectivity index (χ3n) is 2.56. The van der Waals surface area contributed by atoms with E-state index in [0.717, 1.165) is 13.0 Å². The van der Waals surface area contributed by atoms with Gasteiger partial charge in [0.15, 0.2) is 0 Å². The average molecular weight is 213 g/mol. The molecule has 3 heteroatoms. The van der Waals surface area contributed by atoms with Crippen molar-refractivity contribution in [3.8, 4) is 0 Å². The quantitative estimate of drug-likeness (QED) is 0.756. The van der Waals surface area contributed by atoms with E-state index in [1.165, 1.54) is 4.88 Å². The lowest BCUT2D eigenvalue weighted by atomic mass is 10.1. The monoisotopic (exact) mass is 213 g/mol. The summed E-state index contributed by atoms with van der Waals surface area (Å²) >= 11 is 1.80. The fourth-order valence-electron chi connectivity index (χ4n) is 1.24. The lowest BCUT2D eigenvalue weighted by Crippen LogP contribution is -2.35. The van der Waals surface area contributed by atoms with E-state index >= 15 is 0 Å². The normalized spacial score (nSPS) is 15.4. The Morgan fingerprint density at radius 3 is 2.86 bits per heavy atom. The first-order chi connectivity index (χ1) is 6.74. The standard InChI is InChI=1S/C11H19NOS/c1-9(8-13)10(2)12-6-5-11-4-3-7-14-11/h3-4,7,9-10,12-13H,5-6,8H2,1-2H3. The molecule has 0 aromatic carbocycles. The van der Waals surface area contributed by atoms with E-state index in [1.807, 2.05) is 0 Å². The van der Waals surface area contributed by atoms with Crippen molar-refractivity contribution in [2.45, 2.75) is 26.3 Å². The van der Waals surface area contributed by atoms with Crippen LogP contribution in [0, 0.1) is 5.92 Å². The van der Waals surface area contributed by atoms with Gasteiger partial charge in [0, 0.05) is 24.1 Å². The van der Waals surface area contributed by atoms with E-state index in [9.17, 15) is 0 Å². The maximum atomic E-state index is 8.95. The predicted molar refractivity (Wildman–Crippen MR) is 61.7 cm³/mol. The second-order valence-electron chi connectivity index (χ2n) is 3.73. The number of aliphatic hydroxyl groups excluding tert-OH is 1. The van der Waals surface area contributed by atoms with E-state index in [-0.39, 0.29) is 6.61 Å². The molecule has 2 nitrogen and oxygen atoms in total. The van der Waals surface area contributed by atoms with E-state index < -0.39 is 0 Å². The molecular formula is C11H19NOS. The van der Waals surface area contributed by atoms with Gasteiger partial charge in [-0.1, -0.05) is 13.0 Å². The van der Waals surface area contributed by atoms with Gasteiger partial charge in [-0.15, -0.1) is 11.3 Å². The van der Waals surface area contributed by atoms with Gasteiger partial charge in [0.2, 0.25) is 0 Å². The van der Waals surface area contributed by atoms with Crippen molar-refractivity contribution < 1.29 is 5.11 Å². The molecule has 0 fully saturated rings. The van der Waals surface area contributed by atoms with Crippen LogP contribution in [0.2, 0.25) is 0 Å². The highest BCUT2D eigenvalue weighted by molar-refractivity contribution is 7.09. The van der Waals surface area contributed by atoms with Crippen LogP contribution in [0.5, 0.6) is 0 Å². The van der Waals surface area contributed by atoms with Crippen molar-refractivity contribution in [3.05, 3.63) is 22.4 Å². The number of rotatable bonds is 6. The summed E-state index contributed by atoms with van der Waals surface area (Å²) in [6, 6.07) is 4.63. The van der Waals surface area contributed by atoms with Crippen LogP contribution in [-0.2, 0) is 6.42 Å². The van der Waals surface area contributed by atoms with Crippen molar-refractivity contribution in [1.82, 2.24) is 5.32 Å². The Labute approximate surface area is 90.0 Å². The predicted octanol–water partition coefficient (Wildman–Crippen LogP) is 1.90. The molecule has 0 spiro atoms. The topological polar surface area (TPSA) is 32.3 Å². The van der Waals surface area contributed by atoms with Crippen LogP contribution in [0.25, 0.3) is 0 Å². The minimum Gasteiger partial charge on any atom is -0.396 e. The summed E-state index contributed by atoms with van der Waals surface area (Å²) in [5.41, 5.74) is 0. The van der Waals surface area contributed by atoms with Gasteiger partial charge in [-0.2, -0.15) is 0 Å². The van der Waals surface area contributed by atoms with Crippen molar-refractivity contribution in [3.63, 3.8) is 0 Å². The Morgan fingerprint density at radius 1 is 1.50 bits per heavy atom. The second kappa shape index (κ2) is 6.17. The largest absolute Gasteiger partial charge is 0.396 e. The van der Waals surface area contributed by atoms with E-state index in [2.05, 4.69) is 36.7 Å². The van der Waals surface area contributed by atoms with Gasteiger partial charge in [-0.05, 0) is 30.7 Å². The molecule has 1 rings (SSSR count). The summed E-state index contributed by atoms with van der Waals surface area (Å²) in [5, 5.41) is 14.5. The molecule has 2 atom stereocenters. The molecule has 0 aliphatic rings. The van der Waals surface area contributed by atoms with Crippen LogP contribution >= 0.6 is 11.3 Å². The Balaban J connectivity index is 2.15. The van der Waals surface area contributed by atoms with E-state index in [4.69, 9.17) is 5.11 Å². The third kappa shape index (κ3) is 3.78. The molecule has 80 valence electrons. The van der Waals surface area contributed by atoms with Gasteiger partial charge in [0.25, 0.3) is 0 Å². The van der Waals surface area contributed by atoms with Gasteiger partial charge in [-0.25, -0.2) is 0 Å². The highest BCUT2D eigenvalue weighted by Gasteiger charge is 2.09. The molecule has 0 saturated carbocycles. The van der Waals surface area contributed by atoms with E-state index in [0.29, 0.717) is 12.0 Å². The van der Waals surface area contributed by atoms with Crippen LogP contribution in [0.4, 0.5) is 0 Å². The van der Waals surface area contributed by atoms with Crippen molar-refractivity contribution >= 4 is 11.3 Å². The first kappa shape index (κ1) is 11.7. The van der Waals surface area contributed by atoms with Crippen molar-refractivity contribution in [2.75, 3.05) is 13.2 Å². The van der Waals surface area contributed by atoms with Crippen molar-refractivity contribution in [1.29, 1.82) is 0 Å². The molecule has 0 aliphatic carbocycles. The smallest absolute Gasteiger partial charge is 0.0471 e. The molecule has 1 aromatic heterocycles. The minimum atomic E-state index is 0.257. The Morgan fingerprint density at radius 2 is 2.29 bits per heavy atom. The zero-order chi connectivity index (χ0) is 10.4. The highest BCUT2D eigenvalue weighted by Crippen LogP contribution is 2.08. The fraction of sp³-hybridized carbons (Fsp3) is 0.636. The number of hydrogen-bond acceptors (Lipinski definition) is 3. The summed E-state index contributed by atoms with van der Waals surface area (Å²) < 4.78 is 0. The lowest BCUT2D eigenvalue weighted by Gasteiger charge is -2.18.